The van der Waals surface area contributed by atoms with E-state index < -0.39 is 0 Å². The van der Waals surface area contributed by atoms with Crippen molar-refractivity contribution in [2.24, 2.45) is 0 Å². The van der Waals surface area contributed by atoms with E-state index in [4.69, 9.17) is 8.83 Å². The van der Waals surface area contributed by atoms with Crippen molar-refractivity contribution in [1.29, 1.82) is 0 Å². The Kier molecular flexibility index (Phi) is 1.86. The van der Waals surface area contributed by atoms with Gasteiger partial charge in [0.15, 0.2) is 0 Å². The third-order valence-electron chi connectivity index (χ3n) is 2.82. The van der Waals surface area contributed by atoms with Crippen LogP contribution in [0.15, 0.2) is 44.2 Å². The fourth-order valence-corrected chi connectivity index (χ4v) is 2.11. The highest BCUT2D eigenvalue weighted by Crippen LogP contribution is 2.28. The molecule has 0 N–H and O–H groups in total. The van der Waals surface area contributed by atoms with Crippen LogP contribution in [0.5, 0.6) is 0 Å². The van der Waals surface area contributed by atoms with E-state index in [-0.39, 0.29) is 5.63 Å². The molecule has 0 bridgehead atoms. The summed E-state index contributed by atoms with van der Waals surface area (Å²) in [6, 6.07) is 6.98. The zero-order valence-corrected chi connectivity index (χ0v) is 8.82. The highest BCUT2D eigenvalue weighted by Gasteiger charge is 2.09. The van der Waals surface area contributed by atoms with Crippen LogP contribution >= 0.6 is 0 Å². The third kappa shape index (κ3) is 1.18. The zero-order valence-electron chi connectivity index (χ0n) is 8.82. The molecule has 0 atom stereocenters. The van der Waals surface area contributed by atoms with Gasteiger partial charge >= 0.3 is 5.63 Å². The maximum atomic E-state index is 11.2. The van der Waals surface area contributed by atoms with Gasteiger partial charge in [0.1, 0.15) is 11.2 Å². The number of benzene rings is 1. The van der Waals surface area contributed by atoms with Crippen LogP contribution in [-0.2, 0) is 6.42 Å². The van der Waals surface area contributed by atoms with Gasteiger partial charge in [-0.3, -0.25) is 0 Å². The first-order valence-electron chi connectivity index (χ1n) is 5.22. The Hall–Kier alpha value is -2.03. The minimum absolute atomic E-state index is 0.333. The van der Waals surface area contributed by atoms with Gasteiger partial charge in [-0.1, -0.05) is 6.92 Å². The molecule has 0 amide bonds. The summed E-state index contributed by atoms with van der Waals surface area (Å²) in [5.41, 5.74) is 2.18. The van der Waals surface area contributed by atoms with Gasteiger partial charge in [0.25, 0.3) is 0 Å². The van der Waals surface area contributed by atoms with Crippen LogP contribution in [0.2, 0.25) is 0 Å². The molecule has 0 radical (unpaired) electrons. The molecule has 0 spiro atoms. The van der Waals surface area contributed by atoms with E-state index in [1.54, 1.807) is 12.3 Å². The van der Waals surface area contributed by atoms with Crippen molar-refractivity contribution in [3.63, 3.8) is 0 Å². The number of aryl methyl sites for hydroxylation is 1. The topological polar surface area (TPSA) is 43.4 Å². The number of rotatable bonds is 1. The van der Waals surface area contributed by atoms with Gasteiger partial charge in [-0.2, -0.15) is 0 Å². The van der Waals surface area contributed by atoms with Gasteiger partial charge < -0.3 is 8.83 Å². The molecule has 3 aromatic rings. The predicted octanol–water partition coefficient (Wildman–Crippen LogP) is 3.10. The molecular weight excluding hydrogens is 204 g/mol. The lowest BCUT2D eigenvalue weighted by Crippen LogP contribution is -1.96. The van der Waals surface area contributed by atoms with Gasteiger partial charge in [0.2, 0.25) is 0 Å². The molecule has 0 fully saturated rings. The fourth-order valence-electron chi connectivity index (χ4n) is 2.11. The summed E-state index contributed by atoms with van der Waals surface area (Å²) in [6.07, 6.45) is 2.53. The second-order valence-corrected chi connectivity index (χ2v) is 3.71. The van der Waals surface area contributed by atoms with Crippen LogP contribution in [0, 0.1) is 0 Å². The standard InChI is InChI=1S/C13H10O3/c1-2-8-9-3-4-13(14)16-12(9)7-11-10(8)5-6-15-11/h3-7H,2H2,1H3. The molecule has 0 saturated carbocycles. The number of hydrogen-bond donors (Lipinski definition) is 0. The molecule has 80 valence electrons. The second-order valence-electron chi connectivity index (χ2n) is 3.71. The van der Waals surface area contributed by atoms with Gasteiger partial charge in [0.05, 0.1) is 6.26 Å². The normalized spacial score (nSPS) is 11.3. The van der Waals surface area contributed by atoms with Crippen LogP contribution in [0.25, 0.3) is 21.9 Å². The first kappa shape index (κ1) is 9.21. The average molecular weight is 214 g/mol. The highest BCUT2D eigenvalue weighted by atomic mass is 16.4. The summed E-state index contributed by atoms with van der Waals surface area (Å²) in [4.78, 5) is 11.2. The summed E-state index contributed by atoms with van der Waals surface area (Å²) in [6.45, 7) is 2.08. The predicted molar refractivity (Wildman–Crippen MR) is 61.6 cm³/mol. The smallest absolute Gasteiger partial charge is 0.336 e. The van der Waals surface area contributed by atoms with Gasteiger partial charge in [0, 0.05) is 22.9 Å². The van der Waals surface area contributed by atoms with Crippen LogP contribution < -0.4 is 5.63 Å². The number of hydrogen-bond acceptors (Lipinski definition) is 3. The van der Waals surface area contributed by atoms with Crippen molar-refractivity contribution in [2.75, 3.05) is 0 Å². The number of fused-ring (bicyclic) bond motifs is 2. The lowest BCUT2D eigenvalue weighted by molar-refractivity contribution is 0.559. The maximum Gasteiger partial charge on any atom is 0.336 e. The van der Waals surface area contributed by atoms with Crippen LogP contribution in [-0.4, -0.2) is 0 Å². The molecule has 0 saturated heterocycles. The summed E-state index contributed by atoms with van der Waals surface area (Å²) >= 11 is 0. The van der Waals surface area contributed by atoms with Crippen molar-refractivity contribution in [3.8, 4) is 0 Å². The quantitative estimate of drug-likeness (QED) is 0.584. The minimum Gasteiger partial charge on any atom is -0.464 e. The molecule has 3 nitrogen and oxygen atoms in total. The molecular formula is C13H10O3. The monoisotopic (exact) mass is 214 g/mol. The molecule has 0 unspecified atom stereocenters. The van der Waals surface area contributed by atoms with E-state index in [9.17, 15) is 4.79 Å². The Bertz CT molecular complexity index is 719. The summed E-state index contributed by atoms with van der Waals surface area (Å²) in [5, 5.41) is 2.07. The van der Waals surface area contributed by atoms with Crippen molar-refractivity contribution in [2.45, 2.75) is 13.3 Å². The molecule has 1 aromatic carbocycles. The van der Waals surface area contributed by atoms with Crippen molar-refractivity contribution in [1.82, 2.24) is 0 Å². The summed E-state index contributed by atoms with van der Waals surface area (Å²) in [5.74, 6) is 0. The molecule has 0 aliphatic rings. The average Bonchev–Trinajstić information content (AvgIpc) is 2.73. The molecule has 3 rings (SSSR count). The van der Waals surface area contributed by atoms with E-state index in [1.165, 1.54) is 6.07 Å². The summed E-state index contributed by atoms with van der Waals surface area (Å²) in [7, 11) is 0. The molecule has 2 aromatic heterocycles. The van der Waals surface area contributed by atoms with E-state index in [2.05, 4.69) is 6.92 Å². The Balaban J connectivity index is 2.58. The van der Waals surface area contributed by atoms with Gasteiger partial charge in [-0.25, -0.2) is 4.79 Å². The molecule has 0 aliphatic heterocycles. The number of furan rings is 1. The van der Waals surface area contributed by atoms with E-state index in [0.29, 0.717) is 5.58 Å². The zero-order chi connectivity index (χ0) is 11.1. The Morgan fingerprint density at radius 3 is 2.75 bits per heavy atom. The summed E-state index contributed by atoms with van der Waals surface area (Å²) < 4.78 is 10.5. The van der Waals surface area contributed by atoms with Crippen molar-refractivity contribution < 1.29 is 8.83 Å². The largest absolute Gasteiger partial charge is 0.464 e. The Morgan fingerprint density at radius 1 is 1.12 bits per heavy atom. The minimum atomic E-state index is -0.333. The highest BCUT2D eigenvalue weighted by molar-refractivity contribution is 5.97. The lowest BCUT2D eigenvalue weighted by atomic mass is 10.0. The molecule has 0 aliphatic carbocycles. The van der Waals surface area contributed by atoms with E-state index in [0.717, 1.165) is 28.3 Å². The lowest BCUT2D eigenvalue weighted by Gasteiger charge is -2.03. The van der Waals surface area contributed by atoms with Gasteiger partial charge in [-0.05, 0) is 24.1 Å². The van der Waals surface area contributed by atoms with Crippen LogP contribution in [0.1, 0.15) is 12.5 Å². The van der Waals surface area contributed by atoms with Crippen molar-refractivity contribution in [3.05, 3.63) is 46.5 Å². The Labute approximate surface area is 91.3 Å². The molecule has 16 heavy (non-hydrogen) atoms. The first-order chi connectivity index (χ1) is 7.79. The van der Waals surface area contributed by atoms with Crippen LogP contribution in [0.3, 0.4) is 0 Å². The Morgan fingerprint density at radius 2 is 1.94 bits per heavy atom. The maximum absolute atomic E-state index is 11.2. The van der Waals surface area contributed by atoms with Crippen LogP contribution in [0.4, 0.5) is 0 Å². The molecule has 2 heterocycles. The fraction of sp³-hybridized carbons (Fsp3) is 0.154. The third-order valence-corrected chi connectivity index (χ3v) is 2.82. The second kappa shape index (κ2) is 3.23. The van der Waals surface area contributed by atoms with E-state index in [1.807, 2.05) is 12.1 Å². The van der Waals surface area contributed by atoms with Gasteiger partial charge in [-0.15, -0.1) is 0 Å². The SMILES string of the molecule is CCc1c2ccoc2cc2oc(=O)ccc12. The van der Waals surface area contributed by atoms with Crippen molar-refractivity contribution >= 4 is 21.9 Å². The van der Waals surface area contributed by atoms with E-state index >= 15 is 0 Å². The molecule has 3 heteroatoms. The first-order valence-corrected chi connectivity index (χ1v) is 5.22.